The highest BCUT2D eigenvalue weighted by atomic mass is 32.2. The molecule has 0 radical (unpaired) electrons. The Morgan fingerprint density at radius 1 is 0.943 bits per heavy atom. The largest absolute Gasteiger partial charge is 0.353 e. The van der Waals surface area contributed by atoms with Crippen LogP contribution in [-0.4, -0.2) is 37.1 Å². The first-order chi connectivity index (χ1) is 16.8. The zero-order chi connectivity index (χ0) is 24.8. The maximum absolute atomic E-state index is 13.7. The predicted octanol–water partition coefficient (Wildman–Crippen LogP) is 4.55. The number of fused-ring (bicyclic) bond motifs is 1. The van der Waals surface area contributed by atoms with Crippen LogP contribution in [0.4, 0.5) is 5.69 Å². The monoisotopic (exact) mass is 497 g/mol. The van der Waals surface area contributed by atoms with E-state index in [0.29, 0.717) is 18.7 Å². The lowest BCUT2D eigenvalue weighted by Crippen LogP contribution is -2.43. The summed E-state index contributed by atoms with van der Waals surface area (Å²) in [5.74, 6) is -0.318. The van der Waals surface area contributed by atoms with Crippen LogP contribution < -0.4 is 10.6 Å². The molecule has 0 saturated heterocycles. The standard InChI is InChI=1S/C27H35N3O4S/c1-20(31)28-23-13-15-24(16-14-23)35(33,34)30-18-17-21-9-7-8-12-25(21)26(30)19-27(32)29-22-10-5-3-2-4-6-11-22/h7-9,12-16,22,26H,2-6,10-11,17-19H2,1H3,(H,28,31)(H,29,32)/t26-/m0/s1. The Kier molecular flexibility index (Phi) is 8.23. The molecule has 188 valence electrons. The van der Waals surface area contributed by atoms with Crippen molar-refractivity contribution in [3.05, 3.63) is 59.7 Å². The minimum Gasteiger partial charge on any atom is -0.353 e. The molecule has 2 aliphatic rings. The van der Waals surface area contributed by atoms with Gasteiger partial charge in [0.15, 0.2) is 0 Å². The second kappa shape index (κ2) is 11.4. The zero-order valence-corrected chi connectivity index (χ0v) is 21.1. The van der Waals surface area contributed by atoms with Crippen molar-refractivity contribution in [3.63, 3.8) is 0 Å². The van der Waals surface area contributed by atoms with Crippen LogP contribution in [0.1, 0.15) is 75.5 Å². The summed E-state index contributed by atoms with van der Waals surface area (Å²) in [5, 5.41) is 5.86. The van der Waals surface area contributed by atoms with Gasteiger partial charge in [0.2, 0.25) is 21.8 Å². The van der Waals surface area contributed by atoms with Gasteiger partial charge in [-0.25, -0.2) is 8.42 Å². The molecule has 0 spiro atoms. The van der Waals surface area contributed by atoms with Crippen molar-refractivity contribution in [2.45, 2.75) is 81.7 Å². The molecule has 1 aliphatic heterocycles. The van der Waals surface area contributed by atoms with E-state index in [1.807, 2.05) is 24.3 Å². The third kappa shape index (κ3) is 6.30. The number of benzene rings is 2. The van der Waals surface area contributed by atoms with Crippen molar-refractivity contribution >= 4 is 27.5 Å². The summed E-state index contributed by atoms with van der Waals surface area (Å²) >= 11 is 0. The number of sulfonamides is 1. The van der Waals surface area contributed by atoms with Gasteiger partial charge in [-0.2, -0.15) is 4.31 Å². The third-order valence-electron chi connectivity index (χ3n) is 6.99. The Labute approximate surface area is 208 Å². The fraction of sp³-hybridized carbons (Fsp3) is 0.481. The molecular weight excluding hydrogens is 462 g/mol. The van der Waals surface area contributed by atoms with E-state index in [4.69, 9.17) is 0 Å². The number of carbonyl (C=O) groups excluding carboxylic acids is 2. The van der Waals surface area contributed by atoms with Gasteiger partial charge in [0.25, 0.3) is 0 Å². The Hall–Kier alpha value is -2.71. The molecule has 8 heteroatoms. The second-order valence-corrected chi connectivity index (χ2v) is 11.5. The van der Waals surface area contributed by atoms with Crippen LogP contribution in [0.5, 0.6) is 0 Å². The molecule has 1 heterocycles. The number of nitrogens with one attached hydrogen (secondary N) is 2. The molecule has 7 nitrogen and oxygen atoms in total. The molecule has 2 N–H and O–H groups in total. The molecule has 0 aromatic heterocycles. The van der Waals surface area contributed by atoms with Crippen LogP contribution in [0.25, 0.3) is 0 Å². The van der Waals surface area contributed by atoms with Crippen LogP contribution in [0, 0.1) is 0 Å². The number of rotatable bonds is 6. The zero-order valence-electron chi connectivity index (χ0n) is 20.3. The minimum absolute atomic E-state index is 0.0940. The molecule has 0 unspecified atom stereocenters. The molecule has 4 rings (SSSR count). The van der Waals surface area contributed by atoms with E-state index in [1.165, 1.54) is 42.6 Å². The van der Waals surface area contributed by atoms with Gasteiger partial charge < -0.3 is 10.6 Å². The molecule has 2 aromatic rings. The summed E-state index contributed by atoms with van der Waals surface area (Å²) in [6, 6.07) is 13.6. The van der Waals surface area contributed by atoms with Gasteiger partial charge in [0.05, 0.1) is 10.9 Å². The van der Waals surface area contributed by atoms with Crippen molar-refractivity contribution in [1.82, 2.24) is 9.62 Å². The lowest BCUT2D eigenvalue weighted by atomic mass is 9.92. The van der Waals surface area contributed by atoms with Crippen molar-refractivity contribution in [3.8, 4) is 0 Å². The number of hydrogen-bond acceptors (Lipinski definition) is 4. The van der Waals surface area contributed by atoms with Crippen LogP contribution >= 0.6 is 0 Å². The molecule has 1 fully saturated rings. The summed E-state index contributed by atoms with van der Waals surface area (Å²) in [6.07, 6.45) is 8.56. The van der Waals surface area contributed by atoms with Gasteiger partial charge in [-0.05, 0) is 54.7 Å². The molecule has 0 bridgehead atoms. The topological polar surface area (TPSA) is 95.6 Å². The molecule has 2 aromatic carbocycles. The third-order valence-corrected chi connectivity index (χ3v) is 8.92. The summed E-state index contributed by atoms with van der Waals surface area (Å²) in [5.41, 5.74) is 2.52. The van der Waals surface area contributed by atoms with E-state index in [2.05, 4.69) is 10.6 Å². The van der Waals surface area contributed by atoms with Gasteiger partial charge >= 0.3 is 0 Å². The highest BCUT2D eigenvalue weighted by molar-refractivity contribution is 7.89. The summed E-state index contributed by atoms with van der Waals surface area (Å²) in [6.45, 7) is 1.72. The molecule has 35 heavy (non-hydrogen) atoms. The molecule has 1 atom stereocenters. The Bertz CT molecular complexity index is 1140. The van der Waals surface area contributed by atoms with Gasteiger partial charge in [-0.15, -0.1) is 0 Å². The highest BCUT2D eigenvalue weighted by Gasteiger charge is 2.37. The van der Waals surface area contributed by atoms with E-state index >= 15 is 0 Å². The van der Waals surface area contributed by atoms with Crippen molar-refractivity contribution < 1.29 is 18.0 Å². The molecule has 1 saturated carbocycles. The van der Waals surface area contributed by atoms with Crippen LogP contribution in [0.3, 0.4) is 0 Å². The lowest BCUT2D eigenvalue weighted by molar-refractivity contribution is -0.123. The van der Waals surface area contributed by atoms with Gasteiger partial charge in [-0.3, -0.25) is 9.59 Å². The van der Waals surface area contributed by atoms with Gasteiger partial charge in [0.1, 0.15) is 0 Å². The fourth-order valence-electron chi connectivity index (χ4n) is 5.24. The van der Waals surface area contributed by atoms with Gasteiger partial charge in [0, 0.05) is 31.6 Å². The predicted molar refractivity (Wildman–Crippen MR) is 136 cm³/mol. The van der Waals surface area contributed by atoms with E-state index in [-0.39, 0.29) is 29.2 Å². The average Bonchev–Trinajstić information content (AvgIpc) is 2.81. The smallest absolute Gasteiger partial charge is 0.243 e. The maximum Gasteiger partial charge on any atom is 0.243 e. The highest BCUT2D eigenvalue weighted by Crippen LogP contribution is 2.36. The summed E-state index contributed by atoms with van der Waals surface area (Å²) in [4.78, 5) is 24.6. The average molecular weight is 498 g/mol. The van der Waals surface area contributed by atoms with Gasteiger partial charge in [-0.1, -0.05) is 56.4 Å². The number of hydrogen-bond donors (Lipinski definition) is 2. The first kappa shape index (κ1) is 25.4. The summed E-state index contributed by atoms with van der Waals surface area (Å²) < 4.78 is 28.9. The SMILES string of the molecule is CC(=O)Nc1ccc(S(=O)(=O)N2CCc3ccccc3[C@@H]2CC(=O)NC2CCCCCCC2)cc1. The van der Waals surface area contributed by atoms with Crippen LogP contribution in [0.2, 0.25) is 0 Å². The number of amides is 2. The lowest BCUT2D eigenvalue weighted by Gasteiger charge is -2.36. The molecule has 1 aliphatic carbocycles. The van der Waals surface area contributed by atoms with E-state index < -0.39 is 16.1 Å². The maximum atomic E-state index is 13.7. The summed E-state index contributed by atoms with van der Waals surface area (Å²) in [7, 11) is -3.85. The Morgan fingerprint density at radius 3 is 2.29 bits per heavy atom. The Balaban J connectivity index is 1.56. The van der Waals surface area contributed by atoms with E-state index in [0.717, 1.165) is 36.8 Å². The van der Waals surface area contributed by atoms with Crippen LogP contribution in [0.15, 0.2) is 53.4 Å². The first-order valence-electron chi connectivity index (χ1n) is 12.6. The number of nitrogens with zero attached hydrogens (tertiary/aromatic N) is 1. The van der Waals surface area contributed by atoms with E-state index in [1.54, 1.807) is 12.1 Å². The number of anilines is 1. The first-order valence-corrected chi connectivity index (χ1v) is 14.1. The van der Waals surface area contributed by atoms with Crippen molar-refractivity contribution in [2.24, 2.45) is 0 Å². The number of carbonyl (C=O) groups is 2. The molecular formula is C27H35N3O4S. The Morgan fingerprint density at radius 2 is 1.60 bits per heavy atom. The van der Waals surface area contributed by atoms with E-state index in [9.17, 15) is 18.0 Å². The minimum atomic E-state index is -3.85. The van der Waals surface area contributed by atoms with Crippen LogP contribution in [-0.2, 0) is 26.0 Å². The normalized spacial score (nSPS) is 19.7. The van der Waals surface area contributed by atoms with Crippen molar-refractivity contribution in [2.75, 3.05) is 11.9 Å². The second-order valence-electron chi connectivity index (χ2n) is 9.60. The quantitative estimate of drug-likeness (QED) is 0.612. The molecule has 2 amide bonds. The van der Waals surface area contributed by atoms with Crippen molar-refractivity contribution in [1.29, 1.82) is 0 Å². The fourth-order valence-corrected chi connectivity index (χ4v) is 6.85.